The van der Waals surface area contributed by atoms with Gasteiger partial charge in [-0.05, 0) is 0 Å². The Morgan fingerprint density at radius 1 is 0.900 bits per heavy atom. The van der Waals surface area contributed by atoms with Gasteiger partial charge in [0.1, 0.15) is 12.8 Å². The third-order valence-corrected chi connectivity index (χ3v) is 0.943. The fourth-order valence-corrected chi connectivity index (χ4v) is 0.415. The molecule has 0 amide bonds. The molecule has 5 heteroatoms. The van der Waals surface area contributed by atoms with E-state index in [1.807, 2.05) is 0 Å². The van der Waals surface area contributed by atoms with Crippen molar-refractivity contribution in [1.29, 1.82) is 0 Å². The summed E-state index contributed by atoms with van der Waals surface area (Å²) in [5.74, 6) is 0. The molecule has 0 nitrogen and oxygen atoms in total. The molecule has 0 aliphatic carbocycles. The van der Waals surface area contributed by atoms with Gasteiger partial charge < -0.3 is 0 Å². The van der Waals surface area contributed by atoms with E-state index >= 15 is 0 Å². The van der Waals surface area contributed by atoms with E-state index in [-0.39, 0.29) is 0 Å². The molecular weight excluding hydrogens is 155 g/mol. The summed E-state index contributed by atoms with van der Waals surface area (Å²) in [6, 6.07) is 0. The van der Waals surface area contributed by atoms with Crippen LogP contribution in [0.25, 0.3) is 0 Å². The number of halogens is 5. The summed E-state index contributed by atoms with van der Waals surface area (Å²) in [6.45, 7) is -1.55. The van der Waals surface area contributed by atoms with Crippen molar-refractivity contribution in [3.05, 3.63) is 0 Å². The van der Waals surface area contributed by atoms with Crippen LogP contribution in [0.15, 0.2) is 0 Å². The van der Waals surface area contributed by atoms with Crippen molar-refractivity contribution in [2.45, 2.75) is 25.2 Å². The zero-order valence-electron chi connectivity index (χ0n) is 5.04. The fraction of sp³-hybridized carbons (Fsp3) is 1.00. The van der Waals surface area contributed by atoms with E-state index in [1.54, 1.807) is 0 Å². The van der Waals surface area contributed by atoms with Crippen molar-refractivity contribution in [2.24, 2.45) is 0 Å². The Balaban J connectivity index is 3.50. The molecule has 10 heavy (non-hydrogen) atoms. The highest BCUT2D eigenvalue weighted by Crippen LogP contribution is 2.13. The van der Waals surface area contributed by atoms with Crippen molar-refractivity contribution < 1.29 is 22.0 Å². The van der Waals surface area contributed by atoms with Gasteiger partial charge in [0, 0.05) is 6.42 Å². The maximum absolute atomic E-state index is 12.0. The third kappa shape index (κ3) is 3.63. The molecule has 0 saturated heterocycles. The molecule has 0 spiro atoms. The van der Waals surface area contributed by atoms with Crippen LogP contribution in [-0.2, 0) is 0 Å². The van der Waals surface area contributed by atoms with Crippen molar-refractivity contribution in [1.82, 2.24) is 0 Å². The molecule has 0 aromatic carbocycles. The highest BCUT2D eigenvalue weighted by Gasteiger charge is 2.23. The SMILES string of the molecule is FCC(F)C(F)CC(F)F. The minimum atomic E-state index is -2.92. The van der Waals surface area contributed by atoms with Gasteiger partial charge in [-0.15, -0.1) is 0 Å². The Bertz CT molecular complexity index is 84.1. The molecule has 2 atom stereocenters. The molecule has 0 aliphatic rings. The van der Waals surface area contributed by atoms with Crippen LogP contribution < -0.4 is 0 Å². The van der Waals surface area contributed by atoms with Gasteiger partial charge in [0.2, 0.25) is 6.43 Å². The smallest absolute Gasteiger partial charge is 0.241 e. The fourth-order valence-electron chi connectivity index (χ4n) is 0.415. The van der Waals surface area contributed by atoms with E-state index in [2.05, 4.69) is 0 Å². The third-order valence-electron chi connectivity index (χ3n) is 0.943. The van der Waals surface area contributed by atoms with Crippen molar-refractivity contribution in [3.8, 4) is 0 Å². The summed E-state index contributed by atoms with van der Waals surface area (Å²) in [7, 11) is 0. The molecule has 0 fully saturated rings. The molecule has 0 aromatic heterocycles. The normalized spacial score (nSPS) is 17.4. The molecule has 0 radical (unpaired) electrons. The minimum Gasteiger partial charge on any atom is -0.248 e. The molecule has 2 unspecified atom stereocenters. The Kier molecular flexibility index (Phi) is 4.31. The van der Waals surface area contributed by atoms with E-state index in [1.165, 1.54) is 0 Å². The quantitative estimate of drug-likeness (QED) is 0.556. The van der Waals surface area contributed by atoms with Crippen LogP contribution >= 0.6 is 0 Å². The van der Waals surface area contributed by atoms with E-state index in [0.717, 1.165) is 0 Å². The maximum Gasteiger partial charge on any atom is 0.241 e. The van der Waals surface area contributed by atoms with Gasteiger partial charge in [-0.2, -0.15) is 0 Å². The molecule has 0 bridgehead atoms. The van der Waals surface area contributed by atoms with Crippen LogP contribution in [0.3, 0.4) is 0 Å². The molecule has 0 rings (SSSR count). The van der Waals surface area contributed by atoms with Crippen LogP contribution in [-0.4, -0.2) is 25.4 Å². The summed E-state index contributed by atoms with van der Waals surface area (Å²) in [6.07, 6.45) is -8.94. The molecule has 0 N–H and O–H groups in total. The first-order valence-electron chi connectivity index (χ1n) is 2.70. The lowest BCUT2D eigenvalue weighted by Gasteiger charge is -2.08. The first-order valence-corrected chi connectivity index (χ1v) is 2.70. The van der Waals surface area contributed by atoms with E-state index in [9.17, 15) is 22.0 Å². The van der Waals surface area contributed by atoms with Crippen LogP contribution in [0.4, 0.5) is 22.0 Å². The van der Waals surface area contributed by atoms with Crippen molar-refractivity contribution in [3.63, 3.8) is 0 Å². The molecule has 0 saturated carbocycles. The average molecular weight is 162 g/mol. The lowest BCUT2D eigenvalue weighted by Crippen LogP contribution is -2.21. The predicted octanol–water partition coefficient (Wildman–Crippen LogP) is 2.29. The molecule has 0 aliphatic heterocycles. The Hall–Kier alpha value is -0.350. The number of rotatable bonds is 4. The summed E-state index contributed by atoms with van der Waals surface area (Å²) in [4.78, 5) is 0. The second-order valence-electron chi connectivity index (χ2n) is 1.81. The highest BCUT2D eigenvalue weighted by molar-refractivity contribution is 4.67. The van der Waals surface area contributed by atoms with Crippen LogP contribution in [0.1, 0.15) is 6.42 Å². The standard InChI is InChI=1S/C5H7F5/c6-2-4(8)3(7)1-5(9)10/h3-5H,1-2H2. The summed E-state index contributed by atoms with van der Waals surface area (Å²) in [5, 5.41) is 0. The highest BCUT2D eigenvalue weighted by atomic mass is 19.3. The first-order chi connectivity index (χ1) is 4.57. The molecule has 0 heterocycles. The van der Waals surface area contributed by atoms with Crippen LogP contribution in [0.5, 0.6) is 0 Å². The van der Waals surface area contributed by atoms with Crippen molar-refractivity contribution >= 4 is 0 Å². The maximum atomic E-state index is 12.0. The second-order valence-corrected chi connectivity index (χ2v) is 1.81. The van der Waals surface area contributed by atoms with Crippen molar-refractivity contribution in [2.75, 3.05) is 6.67 Å². The van der Waals surface area contributed by atoms with Gasteiger partial charge in [-0.1, -0.05) is 0 Å². The summed E-state index contributed by atoms with van der Waals surface area (Å²) >= 11 is 0. The monoisotopic (exact) mass is 162 g/mol. The molecule has 0 aromatic rings. The average Bonchev–Trinajstić information content (AvgIpc) is 1.85. The lowest BCUT2D eigenvalue weighted by atomic mass is 10.2. The van der Waals surface area contributed by atoms with E-state index in [0.29, 0.717) is 0 Å². The van der Waals surface area contributed by atoms with Gasteiger partial charge >= 0.3 is 0 Å². The minimum absolute atomic E-state index is 1.23. The lowest BCUT2D eigenvalue weighted by molar-refractivity contribution is 0.0560. The van der Waals surface area contributed by atoms with E-state index < -0.39 is 31.9 Å². The molecular formula is C5H7F5. The summed E-state index contributed by atoms with van der Waals surface area (Å²) in [5.41, 5.74) is 0. The Labute approximate surface area is 55.0 Å². The summed E-state index contributed by atoms with van der Waals surface area (Å²) < 4.78 is 57.5. The second kappa shape index (κ2) is 4.46. The number of alkyl halides is 5. The zero-order chi connectivity index (χ0) is 8.15. The predicted molar refractivity (Wildman–Crippen MR) is 26.4 cm³/mol. The number of hydrogen-bond acceptors (Lipinski definition) is 0. The topological polar surface area (TPSA) is 0 Å². The van der Waals surface area contributed by atoms with Crippen LogP contribution in [0.2, 0.25) is 0 Å². The van der Waals surface area contributed by atoms with Crippen LogP contribution in [0, 0.1) is 0 Å². The first kappa shape index (κ1) is 9.65. The molecule has 62 valence electrons. The zero-order valence-corrected chi connectivity index (χ0v) is 5.04. The van der Waals surface area contributed by atoms with Gasteiger partial charge in [-0.3, -0.25) is 0 Å². The van der Waals surface area contributed by atoms with Gasteiger partial charge in [0.05, 0.1) is 0 Å². The number of hydrogen-bond donors (Lipinski definition) is 0. The van der Waals surface area contributed by atoms with Gasteiger partial charge in [0.15, 0.2) is 6.17 Å². The van der Waals surface area contributed by atoms with Gasteiger partial charge in [0.25, 0.3) is 0 Å². The Morgan fingerprint density at radius 3 is 1.70 bits per heavy atom. The largest absolute Gasteiger partial charge is 0.248 e. The van der Waals surface area contributed by atoms with E-state index in [4.69, 9.17) is 0 Å². The van der Waals surface area contributed by atoms with Gasteiger partial charge in [-0.25, -0.2) is 22.0 Å². The Morgan fingerprint density at radius 2 is 1.40 bits per heavy atom.